The maximum absolute atomic E-state index is 12.8. The predicted molar refractivity (Wildman–Crippen MR) is 140 cm³/mol. The average molecular weight is 506 g/mol. The molecular weight excluding hydrogens is 474 g/mol. The zero-order valence-corrected chi connectivity index (χ0v) is 21.2. The minimum atomic E-state index is -0.237. The molecule has 0 saturated carbocycles. The first-order valence-corrected chi connectivity index (χ1v) is 12.0. The first-order valence-electron chi connectivity index (χ1n) is 12.0. The molecule has 1 amide bonds. The van der Waals surface area contributed by atoms with Crippen molar-refractivity contribution in [3.8, 4) is 17.2 Å². The maximum Gasteiger partial charge on any atom is 0.229 e. The fourth-order valence-corrected chi connectivity index (χ4v) is 4.30. The van der Waals surface area contributed by atoms with E-state index in [0.29, 0.717) is 46.8 Å². The molecule has 0 unspecified atom stereocenters. The fraction of sp³-hybridized carbons (Fsp3) is 0.333. The SMILES string of the molecule is COc1cc(Nc2nccc(N3CCC[C@H](C(=O)NCC(=O)c4ccccc4)C3)n2)cc(OC)c1OC. The molecule has 4 rings (SSSR count). The van der Waals surface area contributed by atoms with Gasteiger partial charge in [0.2, 0.25) is 17.6 Å². The van der Waals surface area contributed by atoms with Gasteiger partial charge in [-0.2, -0.15) is 4.98 Å². The number of aromatic nitrogens is 2. The number of methoxy groups -OCH3 is 3. The second-order valence-corrected chi connectivity index (χ2v) is 8.57. The summed E-state index contributed by atoms with van der Waals surface area (Å²) in [6, 6.07) is 14.3. The van der Waals surface area contributed by atoms with Gasteiger partial charge in [0.15, 0.2) is 17.3 Å². The van der Waals surface area contributed by atoms with Gasteiger partial charge in [-0.1, -0.05) is 30.3 Å². The minimum Gasteiger partial charge on any atom is -0.493 e. The lowest BCUT2D eigenvalue weighted by Crippen LogP contribution is -2.44. The molecule has 1 aliphatic rings. The summed E-state index contributed by atoms with van der Waals surface area (Å²) >= 11 is 0. The molecule has 10 nitrogen and oxygen atoms in total. The van der Waals surface area contributed by atoms with Gasteiger partial charge in [-0.05, 0) is 18.9 Å². The summed E-state index contributed by atoms with van der Waals surface area (Å²) in [7, 11) is 4.66. The molecule has 10 heteroatoms. The molecule has 1 aromatic heterocycles. The Labute approximate surface area is 216 Å². The summed E-state index contributed by atoms with van der Waals surface area (Å²) in [5.41, 5.74) is 1.26. The number of nitrogens with one attached hydrogen (secondary N) is 2. The fourth-order valence-electron chi connectivity index (χ4n) is 4.30. The third-order valence-corrected chi connectivity index (χ3v) is 6.20. The van der Waals surface area contributed by atoms with Crippen LogP contribution < -0.4 is 29.7 Å². The monoisotopic (exact) mass is 505 g/mol. The van der Waals surface area contributed by atoms with Crippen molar-refractivity contribution in [2.24, 2.45) is 5.92 Å². The van der Waals surface area contributed by atoms with Crippen molar-refractivity contribution in [2.75, 3.05) is 51.2 Å². The molecule has 2 N–H and O–H groups in total. The molecule has 1 atom stereocenters. The lowest BCUT2D eigenvalue weighted by Gasteiger charge is -2.32. The second-order valence-electron chi connectivity index (χ2n) is 8.57. The van der Waals surface area contributed by atoms with Gasteiger partial charge in [0.05, 0.1) is 33.8 Å². The molecular formula is C27H31N5O5. The van der Waals surface area contributed by atoms with Crippen LogP contribution >= 0.6 is 0 Å². The lowest BCUT2D eigenvalue weighted by atomic mass is 9.97. The molecule has 194 valence electrons. The van der Waals surface area contributed by atoms with Gasteiger partial charge in [0, 0.05) is 42.7 Å². The maximum atomic E-state index is 12.8. The Hall–Kier alpha value is -4.34. The van der Waals surface area contributed by atoms with E-state index in [-0.39, 0.29) is 24.2 Å². The van der Waals surface area contributed by atoms with E-state index in [4.69, 9.17) is 14.2 Å². The van der Waals surface area contributed by atoms with E-state index in [0.717, 1.165) is 19.4 Å². The van der Waals surface area contributed by atoms with Crippen molar-refractivity contribution in [3.63, 3.8) is 0 Å². The highest BCUT2D eigenvalue weighted by Crippen LogP contribution is 2.40. The largest absolute Gasteiger partial charge is 0.493 e. The molecule has 3 aromatic rings. The zero-order chi connectivity index (χ0) is 26.2. The van der Waals surface area contributed by atoms with Crippen molar-refractivity contribution >= 4 is 29.1 Å². The number of nitrogens with zero attached hydrogens (tertiary/aromatic N) is 3. The second kappa shape index (κ2) is 12.1. The Bertz CT molecular complexity index is 1210. The van der Waals surface area contributed by atoms with Gasteiger partial charge in [-0.3, -0.25) is 9.59 Å². The van der Waals surface area contributed by atoms with Gasteiger partial charge in [-0.15, -0.1) is 0 Å². The number of carbonyl (C=O) groups excluding carboxylic acids is 2. The van der Waals surface area contributed by atoms with Crippen LogP contribution in [-0.4, -0.2) is 62.6 Å². The van der Waals surface area contributed by atoms with Crippen LogP contribution in [-0.2, 0) is 4.79 Å². The van der Waals surface area contributed by atoms with Gasteiger partial charge in [-0.25, -0.2) is 4.98 Å². The van der Waals surface area contributed by atoms with Crippen LogP contribution in [0.3, 0.4) is 0 Å². The van der Waals surface area contributed by atoms with Crippen molar-refractivity contribution in [3.05, 3.63) is 60.3 Å². The average Bonchev–Trinajstić information content (AvgIpc) is 2.95. The van der Waals surface area contributed by atoms with Crippen LogP contribution in [0.5, 0.6) is 17.2 Å². The molecule has 0 radical (unpaired) electrons. The Kier molecular flexibility index (Phi) is 8.40. The molecule has 0 spiro atoms. The Balaban J connectivity index is 1.41. The molecule has 0 aliphatic carbocycles. The Morgan fingerprint density at radius 1 is 1.03 bits per heavy atom. The van der Waals surface area contributed by atoms with E-state index < -0.39 is 0 Å². The van der Waals surface area contributed by atoms with Gasteiger partial charge < -0.3 is 29.7 Å². The summed E-state index contributed by atoms with van der Waals surface area (Å²) in [4.78, 5) is 36.2. The summed E-state index contributed by atoms with van der Waals surface area (Å²) in [6.07, 6.45) is 3.26. The van der Waals surface area contributed by atoms with Crippen LogP contribution in [0.4, 0.5) is 17.5 Å². The van der Waals surface area contributed by atoms with Crippen LogP contribution in [0.2, 0.25) is 0 Å². The van der Waals surface area contributed by atoms with E-state index in [2.05, 4.69) is 25.5 Å². The van der Waals surface area contributed by atoms with Gasteiger partial charge >= 0.3 is 0 Å². The number of benzene rings is 2. The first kappa shape index (κ1) is 25.7. The smallest absolute Gasteiger partial charge is 0.229 e. The van der Waals surface area contributed by atoms with Gasteiger partial charge in [0.1, 0.15) is 5.82 Å². The molecule has 2 heterocycles. The molecule has 1 fully saturated rings. The molecule has 1 aliphatic heterocycles. The van der Waals surface area contributed by atoms with Crippen LogP contribution in [0.15, 0.2) is 54.7 Å². The van der Waals surface area contributed by atoms with E-state index in [1.807, 2.05) is 12.1 Å². The normalized spacial score (nSPS) is 15.0. The van der Waals surface area contributed by atoms with E-state index in [1.54, 1.807) is 63.9 Å². The first-order chi connectivity index (χ1) is 18.0. The highest BCUT2D eigenvalue weighted by atomic mass is 16.5. The zero-order valence-electron chi connectivity index (χ0n) is 21.2. The highest BCUT2D eigenvalue weighted by molar-refractivity contribution is 5.99. The number of carbonyl (C=O) groups is 2. The third kappa shape index (κ3) is 6.27. The molecule has 2 aromatic carbocycles. The van der Waals surface area contributed by atoms with E-state index in [9.17, 15) is 9.59 Å². The Morgan fingerprint density at radius 3 is 2.43 bits per heavy atom. The number of ether oxygens (including phenoxy) is 3. The van der Waals surface area contributed by atoms with Gasteiger partial charge in [0.25, 0.3) is 0 Å². The highest BCUT2D eigenvalue weighted by Gasteiger charge is 2.27. The topological polar surface area (TPSA) is 115 Å². The number of piperidine rings is 1. The van der Waals surface area contributed by atoms with Crippen molar-refractivity contribution in [2.45, 2.75) is 12.8 Å². The minimum absolute atomic E-state index is 0.0181. The number of hydrogen-bond donors (Lipinski definition) is 2. The van der Waals surface area contributed by atoms with Crippen LogP contribution in [0, 0.1) is 5.92 Å². The number of anilines is 3. The van der Waals surface area contributed by atoms with Crippen molar-refractivity contribution in [1.29, 1.82) is 0 Å². The number of ketones is 1. The Morgan fingerprint density at radius 2 is 1.76 bits per heavy atom. The number of Topliss-reactive ketones (excluding diaryl/α,β-unsaturated/α-hetero) is 1. The van der Waals surface area contributed by atoms with E-state index in [1.165, 1.54) is 0 Å². The van der Waals surface area contributed by atoms with Crippen LogP contribution in [0.25, 0.3) is 0 Å². The summed E-state index contributed by atoms with van der Waals surface area (Å²) in [6.45, 7) is 1.26. The quantitative estimate of drug-likeness (QED) is 0.400. The standard InChI is InChI=1S/C27H31N5O5/c1-35-22-14-20(15-23(36-2)25(22)37-3)30-27-28-12-11-24(31-27)32-13-7-10-19(17-32)26(34)29-16-21(33)18-8-5-4-6-9-18/h4-6,8-9,11-12,14-15,19H,7,10,13,16-17H2,1-3H3,(H,29,34)(H,28,30,31)/t19-/m0/s1. The summed E-state index contributed by atoms with van der Waals surface area (Å²) in [5, 5.41) is 5.99. The summed E-state index contributed by atoms with van der Waals surface area (Å²) < 4.78 is 16.2. The molecule has 37 heavy (non-hydrogen) atoms. The number of rotatable bonds is 10. The van der Waals surface area contributed by atoms with Crippen molar-refractivity contribution in [1.82, 2.24) is 15.3 Å². The third-order valence-electron chi connectivity index (χ3n) is 6.20. The number of amides is 1. The predicted octanol–water partition coefficient (Wildman–Crippen LogP) is 3.46. The van der Waals surface area contributed by atoms with Crippen LogP contribution in [0.1, 0.15) is 23.2 Å². The molecule has 0 bridgehead atoms. The molecule has 1 saturated heterocycles. The lowest BCUT2D eigenvalue weighted by molar-refractivity contribution is -0.125. The number of hydrogen-bond acceptors (Lipinski definition) is 9. The van der Waals surface area contributed by atoms with E-state index >= 15 is 0 Å². The summed E-state index contributed by atoms with van der Waals surface area (Å²) in [5.74, 6) is 2.15. The van der Waals surface area contributed by atoms with Crippen molar-refractivity contribution < 1.29 is 23.8 Å².